The van der Waals surface area contributed by atoms with E-state index in [9.17, 15) is 0 Å². The van der Waals surface area contributed by atoms with Gasteiger partial charge in [-0.15, -0.1) is 11.3 Å². The number of pyridine rings is 1. The lowest BCUT2D eigenvalue weighted by molar-refractivity contribution is 0.252. The number of aliphatic hydroxyl groups excluding tert-OH is 1. The maximum Gasteiger partial charge on any atom is 0.104 e. The molecule has 3 rings (SSSR count). The fraction of sp³-hybridized carbons (Fsp3) is 0.353. The summed E-state index contributed by atoms with van der Waals surface area (Å²) in [4.78, 5) is 10.4. The van der Waals surface area contributed by atoms with Crippen LogP contribution in [-0.4, -0.2) is 47.8 Å². The normalized spacial score (nSPS) is 15.4. The number of hydrogen-bond acceptors (Lipinski definition) is 5. The zero-order chi connectivity index (χ0) is 15.2. The van der Waals surface area contributed by atoms with Crippen LogP contribution in [0.5, 0.6) is 0 Å². The molecule has 3 heterocycles. The van der Waals surface area contributed by atoms with Crippen molar-refractivity contribution in [1.29, 1.82) is 0 Å². The van der Waals surface area contributed by atoms with E-state index >= 15 is 0 Å². The molecule has 2 aromatic rings. The number of anilines is 1. The molecule has 2 aromatic heterocycles. The quantitative estimate of drug-likeness (QED) is 0.877. The van der Waals surface area contributed by atoms with Gasteiger partial charge in [0.15, 0.2) is 0 Å². The minimum Gasteiger partial charge on any atom is -0.384 e. The van der Waals surface area contributed by atoms with Crippen molar-refractivity contribution in [3.05, 3.63) is 46.4 Å². The van der Waals surface area contributed by atoms with Gasteiger partial charge in [0.2, 0.25) is 0 Å². The van der Waals surface area contributed by atoms with Gasteiger partial charge in [0, 0.05) is 54.7 Å². The van der Waals surface area contributed by atoms with Crippen LogP contribution in [0.2, 0.25) is 0 Å². The van der Waals surface area contributed by atoms with Gasteiger partial charge in [-0.1, -0.05) is 11.8 Å². The molecule has 22 heavy (non-hydrogen) atoms. The smallest absolute Gasteiger partial charge is 0.104 e. The average Bonchev–Trinajstić information content (AvgIpc) is 3.02. The van der Waals surface area contributed by atoms with Crippen LogP contribution in [0.4, 0.5) is 5.69 Å². The van der Waals surface area contributed by atoms with E-state index in [1.807, 2.05) is 18.5 Å². The summed E-state index contributed by atoms with van der Waals surface area (Å²) in [6.07, 6.45) is 3.74. The summed E-state index contributed by atoms with van der Waals surface area (Å²) in [6.45, 7) is 5.09. The first-order chi connectivity index (χ1) is 10.8. The molecule has 0 unspecified atom stereocenters. The Hall–Kier alpha value is -1.87. The van der Waals surface area contributed by atoms with Gasteiger partial charge in [0.05, 0.1) is 11.9 Å². The molecule has 1 saturated heterocycles. The van der Waals surface area contributed by atoms with Crippen LogP contribution in [0.25, 0.3) is 0 Å². The summed E-state index contributed by atoms with van der Waals surface area (Å²) in [6, 6.07) is 6.23. The first-order valence-corrected chi connectivity index (χ1v) is 8.27. The third-order valence-electron chi connectivity index (χ3n) is 3.73. The number of thiophene rings is 1. The lowest BCUT2D eigenvalue weighted by atomic mass is 10.2. The second-order valence-electron chi connectivity index (χ2n) is 5.24. The first kappa shape index (κ1) is 15.0. The molecule has 5 heteroatoms. The summed E-state index contributed by atoms with van der Waals surface area (Å²) in [7, 11) is 0. The van der Waals surface area contributed by atoms with Crippen molar-refractivity contribution in [2.45, 2.75) is 6.54 Å². The Bertz CT molecular complexity index is 651. The number of piperazine rings is 1. The van der Waals surface area contributed by atoms with Gasteiger partial charge in [-0.05, 0) is 18.2 Å². The summed E-state index contributed by atoms with van der Waals surface area (Å²) < 4.78 is 0. The highest BCUT2D eigenvalue weighted by atomic mass is 32.1. The molecular weight excluding hydrogens is 294 g/mol. The number of nitrogens with zero attached hydrogens (tertiary/aromatic N) is 3. The van der Waals surface area contributed by atoms with E-state index in [-0.39, 0.29) is 6.61 Å². The van der Waals surface area contributed by atoms with E-state index < -0.39 is 0 Å². The first-order valence-electron chi connectivity index (χ1n) is 7.39. The highest BCUT2D eigenvalue weighted by Crippen LogP contribution is 2.19. The molecule has 1 N–H and O–H groups in total. The summed E-state index contributed by atoms with van der Waals surface area (Å²) in [5, 5.41) is 10.8. The van der Waals surface area contributed by atoms with Crippen molar-refractivity contribution in [1.82, 2.24) is 9.88 Å². The van der Waals surface area contributed by atoms with Gasteiger partial charge in [-0.2, -0.15) is 0 Å². The Morgan fingerprint density at radius 2 is 2.14 bits per heavy atom. The molecule has 0 saturated carbocycles. The Balaban J connectivity index is 1.53. The van der Waals surface area contributed by atoms with Crippen LogP contribution < -0.4 is 4.90 Å². The number of hydrogen-bond donors (Lipinski definition) is 1. The second-order valence-corrected chi connectivity index (χ2v) is 6.23. The predicted octanol–water partition coefficient (Wildman–Crippen LogP) is 1.81. The van der Waals surface area contributed by atoms with Gasteiger partial charge < -0.3 is 10.0 Å². The molecule has 0 aliphatic carbocycles. The van der Waals surface area contributed by atoms with Gasteiger partial charge in [-0.3, -0.25) is 9.88 Å². The minimum absolute atomic E-state index is 0.0819. The summed E-state index contributed by atoms with van der Waals surface area (Å²) in [5.41, 5.74) is 2.21. The van der Waals surface area contributed by atoms with Crippen LogP contribution in [-0.2, 0) is 6.54 Å². The highest BCUT2D eigenvalue weighted by molar-refractivity contribution is 7.10. The Morgan fingerprint density at radius 1 is 1.27 bits per heavy atom. The molecule has 1 fully saturated rings. The molecule has 0 radical (unpaired) electrons. The second kappa shape index (κ2) is 7.41. The number of aromatic nitrogens is 1. The van der Waals surface area contributed by atoms with E-state index in [4.69, 9.17) is 5.11 Å². The zero-order valence-corrected chi connectivity index (χ0v) is 13.2. The van der Waals surface area contributed by atoms with Crippen molar-refractivity contribution in [2.75, 3.05) is 37.7 Å². The maximum atomic E-state index is 8.73. The topological polar surface area (TPSA) is 39.6 Å². The molecule has 0 spiro atoms. The molecule has 114 valence electrons. The standard InChI is InChI=1S/C17H19N3OS/c21-10-2-3-15-11-17(22-14-15)13-19-6-8-20(9-7-19)16-4-1-5-18-12-16/h1,4-5,11-12,14,21H,6-10,13H2. The molecule has 0 bridgehead atoms. The fourth-order valence-electron chi connectivity index (χ4n) is 2.60. The maximum absolute atomic E-state index is 8.73. The molecule has 0 amide bonds. The van der Waals surface area contributed by atoms with Gasteiger partial charge in [0.1, 0.15) is 6.61 Å². The fourth-order valence-corrected chi connectivity index (χ4v) is 3.45. The van der Waals surface area contributed by atoms with E-state index in [0.29, 0.717) is 0 Å². The van der Waals surface area contributed by atoms with E-state index in [1.54, 1.807) is 11.3 Å². The van der Waals surface area contributed by atoms with Gasteiger partial charge >= 0.3 is 0 Å². The molecule has 0 atom stereocenters. The highest BCUT2D eigenvalue weighted by Gasteiger charge is 2.17. The Morgan fingerprint density at radius 3 is 2.86 bits per heavy atom. The van der Waals surface area contributed by atoms with Crippen molar-refractivity contribution < 1.29 is 5.11 Å². The van der Waals surface area contributed by atoms with Crippen molar-refractivity contribution in [2.24, 2.45) is 0 Å². The zero-order valence-electron chi connectivity index (χ0n) is 12.4. The summed E-state index contributed by atoms with van der Waals surface area (Å²) >= 11 is 1.74. The molecule has 1 aliphatic heterocycles. The number of rotatable bonds is 3. The van der Waals surface area contributed by atoms with E-state index in [1.165, 1.54) is 10.6 Å². The Kier molecular flexibility index (Phi) is 5.07. The lowest BCUT2D eigenvalue weighted by Crippen LogP contribution is -2.45. The predicted molar refractivity (Wildman–Crippen MR) is 90.0 cm³/mol. The van der Waals surface area contributed by atoms with Crippen molar-refractivity contribution in [3.63, 3.8) is 0 Å². The molecular formula is C17H19N3OS. The Labute approximate surface area is 135 Å². The van der Waals surface area contributed by atoms with E-state index in [0.717, 1.165) is 38.3 Å². The van der Waals surface area contributed by atoms with E-state index in [2.05, 4.69) is 44.1 Å². The van der Waals surface area contributed by atoms with Crippen LogP contribution in [0.3, 0.4) is 0 Å². The third kappa shape index (κ3) is 3.86. The van der Waals surface area contributed by atoms with Crippen molar-refractivity contribution in [3.8, 4) is 11.8 Å². The van der Waals surface area contributed by atoms with Gasteiger partial charge in [0.25, 0.3) is 0 Å². The lowest BCUT2D eigenvalue weighted by Gasteiger charge is -2.35. The summed E-state index contributed by atoms with van der Waals surface area (Å²) in [5.74, 6) is 5.65. The molecule has 4 nitrogen and oxygen atoms in total. The monoisotopic (exact) mass is 313 g/mol. The largest absolute Gasteiger partial charge is 0.384 e. The molecule has 1 aliphatic rings. The third-order valence-corrected chi connectivity index (χ3v) is 4.65. The van der Waals surface area contributed by atoms with Gasteiger partial charge in [-0.25, -0.2) is 0 Å². The SMILES string of the molecule is OCC#Cc1csc(CN2CCN(c3cccnc3)CC2)c1. The van der Waals surface area contributed by atoms with Crippen LogP contribution in [0.15, 0.2) is 36.0 Å². The average molecular weight is 313 g/mol. The van der Waals surface area contributed by atoms with Crippen LogP contribution >= 0.6 is 11.3 Å². The van der Waals surface area contributed by atoms with Crippen LogP contribution in [0, 0.1) is 11.8 Å². The number of aliphatic hydroxyl groups is 1. The van der Waals surface area contributed by atoms with Crippen LogP contribution in [0.1, 0.15) is 10.4 Å². The minimum atomic E-state index is -0.0819. The van der Waals surface area contributed by atoms with Crippen molar-refractivity contribution >= 4 is 17.0 Å². The molecule has 0 aromatic carbocycles.